The molecule has 2 N–H and O–H groups in total. The second-order valence-electron chi connectivity index (χ2n) is 5.13. The molecule has 18 heavy (non-hydrogen) atoms. The maximum absolute atomic E-state index is 5.93. The van der Waals surface area contributed by atoms with Crippen LogP contribution in [0.5, 0.6) is 0 Å². The highest BCUT2D eigenvalue weighted by atomic mass is 15.2. The molecule has 0 aliphatic carbocycles. The van der Waals surface area contributed by atoms with Gasteiger partial charge in [0.25, 0.3) is 0 Å². The average molecular weight is 250 g/mol. The Hall–Kier alpha value is -1.13. The molecule has 0 saturated carbocycles. The summed E-state index contributed by atoms with van der Waals surface area (Å²) >= 11 is 0. The van der Waals surface area contributed by atoms with E-state index in [1.807, 2.05) is 19.2 Å². The van der Waals surface area contributed by atoms with Gasteiger partial charge in [-0.25, -0.2) is 4.98 Å². The van der Waals surface area contributed by atoms with Crippen LogP contribution in [0, 0.1) is 0 Å². The minimum Gasteiger partial charge on any atom is -0.353 e. The van der Waals surface area contributed by atoms with Crippen molar-refractivity contribution >= 4 is 5.82 Å². The van der Waals surface area contributed by atoms with Crippen LogP contribution in [-0.2, 0) is 0 Å². The van der Waals surface area contributed by atoms with E-state index >= 15 is 0 Å². The molecule has 0 aromatic carbocycles. The molecule has 4 nitrogen and oxygen atoms in total. The zero-order chi connectivity index (χ0) is 13.7. The van der Waals surface area contributed by atoms with Crippen molar-refractivity contribution in [1.29, 1.82) is 0 Å². The van der Waals surface area contributed by atoms with E-state index in [2.05, 4.69) is 48.8 Å². The molecular weight excluding hydrogens is 224 g/mol. The second kappa shape index (κ2) is 6.71. The lowest BCUT2D eigenvalue weighted by Crippen LogP contribution is -2.40. The normalized spacial score (nSPS) is 14.6. The Morgan fingerprint density at radius 1 is 1.33 bits per heavy atom. The summed E-state index contributed by atoms with van der Waals surface area (Å²) in [6.07, 6.45) is 1.85. The summed E-state index contributed by atoms with van der Waals surface area (Å²) in [6, 6.07) is 4.56. The Kier molecular flexibility index (Phi) is 5.56. The van der Waals surface area contributed by atoms with Gasteiger partial charge in [-0.15, -0.1) is 0 Å². The first-order valence-electron chi connectivity index (χ1n) is 6.58. The Bertz CT molecular complexity index is 363. The summed E-state index contributed by atoms with van der Waals surface area (Å²) in [5, 5.41) is 0. The topological polar surface area (TPSA) is 45.4 Å². The Morgan fingerprint density at radius 2 is 2.00 bits per heavy atom. The number of nitrogens with zero attached hydrogens (tertiary/aromatic N) is 3. The largest absolute Gasteiger partial charge is 0.353 e. The van der Waals surface area contributed by atoms with Crippen LogP contribution in [0.4, 0.5) is 5.82 Å². The van der Waals surface area contributed by atoms with Crippen LogP contribution in [-0.4, -0.2) is 43.1 Å². The molecule has 0 bridgehead atoms. The van der Waals surface area contributed by atoms with E-state index in [9.17, 15) is 0 Å². The van der Waals surface area contributed by atoms with Crippen LogP contribution >= 0.6 is 0 Å². The molecule has 0 amide bonds. The summed E-state index contributed by atoms with van der Waals surface area (Å²) in [5.41, 5.74) is 7.06. The van der Waals surface area contributed by atoms with Gasteiger partial charge in [0.1, 0.15) is 5.82 Å². The van der Waals surface area contributed by atoms with Gasteiger partial charge < -0.3 is 15.5 Å². The number of rotatable bonds is 6. The van der Waals surface area contributed by atoms with Gasteiger partial charge in [-0.05, 0) is 52.6 Å². The van der Waals surface area contributed by atoms with Gasteiger partial charge in [0.15, 0.2) is 0 Å². The fraction of sp³-hybridized carbons (Fsp3) is 0.643. The number of likely N-dealkylation sites (N-methyl/N-ethyl adjacent to an activating group) is 2. The Balaban J connectivity index is 2.90. The molecule has 1 aromatic heterocycles. The van der Waals surface area contributed by atoms with Crippen molar-refractivity contribution in [1.82, 2.24) is 9.88 Å². The highest BCUT2D eigenvalue weighted by Gasteiger charge is 2.15. The predicted octanol–water partition coefficient (Wildman–Crippen LogP) is 1.88. The third-order valence-electron chi connectivity index (χ3n) is 3.09. The number of hydrogen-bond donors (Lipinski definition) is 1. The number of pyridine rings is 1. The molecule has 102 valence electrons. The third-order valence-corrected chi connectivity index (χ3v) is 3.09. The molecule has 0 spiro atoms. The van der Waals surface area contributed by atoms with E-state index < -0.39 is 0 Å². The van der Waals surface area contributed by atoms with Gasteiger partial charge >= 0.3 is 0 Å². The molecule has 4 heteroatoms. The lowest BCUT2D eigenvalue weighted by Gasteiger charge is -2.31. The van der Waals surface area contributed by atoms with Crippen LogP contribution < -0.4 is 10.6 Å². The van der Waals surface area contributed by atoms with E-state index in [0.717, 1.165) is 24.5 Å². The van der Waals surface area contributed by atoms with Crippen molar-refractivity contribution in [3.63, 3.8) is 0 Å². The lowest BCUT2D eigenvalue weighted by atomic mass is 10.1. The summed E-state index contributed by atoms with van der Waals surface area (Å²) in [5.74, 6) is 1.02. The van der Waals surface area contributed by atoms with Crippen molar-refractivity contribution in [3.8, 4) is 0 Å². The first-order chi connectivity index (χ1) is 8.45. The molecule has 1 unspecified atom stereocenters. The molecule has 1 heterocycles. The van der Waals surface area contributed by atoms with Crippen LogP contribution in [0.15, 0.2) is 18.3 Å². The van der Waals surface area contributed by atoms with Crippen LogP contribution in [0.2, 0.25) is 0 Å². The van der Waals surface area contributed by atoms with E-state index in [0.29, 0.717) is 6.04 Å². The molecule has 0 saturated heterocycles. The molecule has 1 aromatic rings. The highest BCUT2D eigenvalue weighted by molar-refractivity contribution is 5.42. The predicted molar refractivity (Wildman–Crippen MR) is 77.9 cm³/mol. The minimum atomic E-state index is 0.0506. The molecule has 0 fully saturated rings. The van der Waals surface area contributed by atoms with Gasteiger partial charge in [-0.1, -0.05) is 0 Å². The van der Waals surface area contributed by atoms with Crippen LogP contribution in [0.3, 0.4) is 0 Å². The van der Waals surface area contributed by atoms with Crippen LogP contribution in [0.1, 0.15) is 32.4 Å². The average Bonchev–Trinajstić information content (AvgIpc) is 2.29. The van der Waals surface area contributed by atoms with Crippen molar-refractivity contribution < 1.29 is 0 Å². The standard InChI is InChI=1S/C14H26N4/c1-6-18(11(2)10-17(4)5)14-9-13(12(3)15)7-8-16-14/h7-9,11-12H,6,10,15H2,1-5H3/t11?,12-/m0/s1. The molecule has 0 aliphatic heterocycles. The van der Waals surface area contributed by atoms with Crippen molar-refractivity contribution in [2.45, 2.75) is 32.9 Å². The van der Waals surface area contributed by atoms with Gasteiger partial charge in [-0.2, -0.15) is 0 Å². The maximum Gasteiger partial charge on any atom is 0.129 e. The molecule has 0 aliphatic rings. The number of hydrogen-bond acceptors (Lipinski definition) is 4. The van der Waals surface area contributed by atoms with Gasteiger partial charge in [0, 0.05) is 31.4 Å². The fourth-order valence-electron chi connectivity index (χ4n) is 2.20. The number of nitrogens with two attached hydrogens (primary N) is 1. The summed E-state index contributed by atoms with van der Waals surface area (Å²) in [7, 11) is 4.19. The van der Waals surface area contributed by atoms with E-state index in [1.54, 1.807) is 0 Å². The summed E-state index contributed by atoms with van der Waals surface area (Å²) in [4.78, 5) is 8.98. The SMILES string of the molecule is CCN(c1cc([C@H](C)N)ccn1)C(C)CN(C)C. The molecule has 2 atom stereocenters. The zero-order valence-corrected chi connectivity index (χ0v) is 12.2. The summed E-state index contributed by atoms with van der Waals surface area (Å²) in [6.45, 7) is 8.34. The van der Waals surface area contributed by atoms with E-state index in [1.165, 1.54) is 0 Å². The van der Waals surface area contributed by atoms with Crippen molar-refractivity contribution in [3.05, 3.63) is 23.9 Å². The Labute approximate surface area is 111 Å². The zero-order valence-electron chi connectivity index (χ0n) is 12.2. The first kappa shape index (κ1) is 14.9. The first-order valence-corrected chi connectivity index (χ1v) is 6.58. The minimum absolute atomic E-state index is 0.0506. The van der Waals surface area contributed by atoms with Gasteiger partial charge in [0.2, 0.25) is 0 Å². The highest BCUT2D eigenvalue weighted by Crippen LogP contribution is 2.18. The molecule has 1 rings (SSSR count). The lowest BCUT2D eigenvalue weighted by molar-refractivity contribution is 0.372. The summed E-state index contributed by atoms with van der Waals surface area (Å²) < 4.78 is 0. The van der Waals surface area contributed by atoms with Crippen molar-refractivity contribution in [2.24, 2.45) is 5.73 Å². The van der Waals surface area contributed by atoms with Gasteiger partial charge in [-0.3, -0.25) is 0 Å². The quantitative estimate of drug-likeness (QED) is 0.837. The monoisotopic (exact) mass is 250 g/mol. The van der Waals surface area contributed by atoms with Crippen molar-refractivity contribution in [2.75, 3.05) is 32.1 Å². The molecule has 0 radical (unpaired) electrons. The Morgan fingerprint density at radius 3 is 2.50 bits per heavy atom. The van der Waals surface area contributed by atoms with E-state index in [-0.39, 0.29) is 6.04 Å². The third kappa shape index (κ3) is 3.96. The van der Waals surface area contributed by atoms with Crippen LogP contribution in [0.25, 0.3) is 0 Å². The smallest absolute Gasteiger partial charge is 0.129 e. The van der Waals surface area contributed by atoms with Gasteiger partial charge in [0.05, 0.1) is 0 Å². The van der Waals surface area contributed by atoms with E-state index in [4.69, 9.17) is 5.73 Å². The number of anilines is 1. The number of aromatic nitrogens is 1. The second-order valence-corrected chi connectivity index (χ2v) is 5.13. The maximum atomic E-state index is 5.93. The molecular formula is C14H26N4. The fourth-order valence-corrected chi connectivity index (χ4v) is 2.20.